The van der Waals surface area contributed by atoms with Gasteiger partial charge in [-0.25, -0.2) is 4.98 Å². The number of halogens is 1. The maximum Gasteiger partial charge on any atom is 0.128 e. The lowest BCUT2D eigenvalue weighted by atomic mass is 10.3. The van der Waals surface area contributed by atoms with E-state index in [1.54, 1.807) is 0 Å². The Morgan fingerprint density at radius 1 is 1.44 bits per heavy atom. The Morgan fingerprint density at radius 2 is 2.25 bits per heavy atom. The van der Waals surface area contributed by atoms with Gasteiger partial charge >= 0.3 is 0 Å². The predicted octanol–water partition coefficient (Wildman–Crippen LogP) is 3.45. The summed E-state index contributed by atoms with van der Waals surface area (Å²) in [5.41, 5.74) is 1.09. The number of pyridine rings is 1. The molecule has 16 heavy (non-hydrogen) atoms. The highest BCUT2D eigenvalue weighted by Crippen LogP contribution is 2.31. The van der Waals surface area contributed by atoms with E-state index in [2.05, 4.69) is 28.9 Å². The van der Waals surface area contributed by atoms with Crippen LogP contribution >= 0.6 is 11.6 Å². The molecule has 1 aliphatic rings. The van der Waals surface area contributed by atoms with Crippen LogP contribution in [0.25, 0.3) is 0 Å². The van der Waals surface area contributed by atoms with Crippen LogP contribution in [-0.2, 0) is 5.88 Å². The van der Waals surface area contributed by atoms with Crippen molar-refractivity contribution in [3.05, 3.63) is 23.9 Å². The number of alkyl halides is 1. The minimum Gasteiger partial charge on any atom is -0.356 e. The van der Waals surface area contributed by atoms with E-state index < -0.39 is 0 Å². The molecular weight excluding hydrogens is 220 g/mol. The van der Waals surface area contributed by atoms with Gasteiger partial charge in [0.25, 0.3) is 0 Å². The quantitative estimate of drug-likeness (QED) is 0.706. The molecule has 1 fully saturated rings. The molecule has 2 nitrogen and oxygen atoms in total. The number of hydrogen-bond donors (Lipinski definition) is 0. The van der Waals surface area contributed by atoms with Gasteiger partial charge in [-0.2, -0.15) is 0 Å². The summed E-state index contributed by atoms with van der Waals surface area (Å²) in [6.07, 6.45) is 5.84. The normalized spacial score (nSPS) is 15.1. The number of hydrogen-bond acceptors (Lipinski definition) is 2. The number of anilines is 1. The Hall–Kier alpha value is -0.760. The Labute approximate surface area is 103 Å². The van der Waals surface area contributed by atoms with E-state index in [0.717, 1.165) is 23.8 Å². The van der Waals surface area contributed by atoms with Crippen LogP contribution in [0, 0.1) is 5.92 Å². The lowest BCUT2D eigenvalue weighted by molar-refractivity contribution is 0.699. The second kappa shape index (κ2) is 5.53. The lowest BCUT2D eigenvalue weighted by Gasteiger charge is -2.23. The first-order chi connectivity index (χ1) is 7.83. The van der Waals surface area contributed by atoms with E-state index in [-0.39, 0.29) is 0 Å². The molecule has 0 unspecified atom stereocenters. The van der Waals surface area contributed by atoms with Crippen molar-refractivity contribution < 1.29 is 0 Å². The standard InChI is InChI=1S/C13H19ClN2/c1-2-7-16(10-11-3-4-11)13-6-5-12(8-14)9-15-13/h5-6,9,11H,2-4,7-8,10H2,1H3. The van der Waals surface area contributed by atoms with Crippen LogP contribution in [0.4, 0.5) is 5.82 Å². The van der Waals surface area contributed by atoms with Crippen LogP contribution in [0.3, 0.4) is 0 Å². The highest BCUT2D eigenvalue weighted by molar-refractivity contribution is 6.17. The molecule has 0 bridgehead atoms. The third-order valence-corrected chi connectivity index (χ3v) is 3.27. The fourth-order valence-corrected chi connectivity index (χ4v) is 2.02. The van der Waals surface area contributed by atoms with E-state index in [1.165, 1.54) is 25.8 Å². The van der Waals surface area contributed by atoms with E-state index >= 15 is 0 Å². The topological polar surface area (TPSA) is 16.1 Å². The highest BCUT2D eigenvalue weighted by atomic mass is 35.5. The molecule has 0 saturated heterocycles. The van der Waals surface area contributed by atoms with Gasteiger partial charge in [-0.3, -0.25) is 0 Å². The lowest BCUT2D eigenvalue weighted by Crippen LogP contribution is -2.27. The molecule has 3 heteroatoms. The highest BCUT2D eigenvalue weighted by Gasteiger charge is 2.24. The summed E-state index contributed by atoms with van der Waals surface area (Å²) in [7, 11) is 0. The van der Waals surface area contributed by atoms with Gasteiger partial charge in [0, 0.05) is 25.2 Å². The average molecular weight is 239 g/mol. The number of aromatic nitrogens is 1. The Balaban J connectivity index is 2.03. The zero-order valence-corrected chi connectivity index (χ0v) is 10.6. The van der Waals surface area contributed by atoms with E-state index in [1.807, 2.05) is 6.20 Å². The third kappa shape index (κ3) is 3.11. The fraction of sp³-hybridized carbons (Fsp3) is 0.615. The van der Waals surface area contributed by atoms with Crippen molar-refractivity contribution in [2.45, 2.75) is 32.1 Å². The zero-order valence-electron chi connectivity index (χ0n) is 9.82. The van der Waals surface area contributed by atoms with Gasteiger partial charge in [-0.15, -0.1) is 11.6 Å². The smallest absolute Gasteiger partial charge is 0.128 e. The second-order valence-corrected chi connectivity index (χ2v) is 4.81. The van der Waals surface area contributed by atoms with Gasteiger partial charge in [-0.05, 0) is 36.8 Å². The minimum absolute atomic E-state index is 0.545. The van der Waals surface area contributed by atoms with Crippen molar-refractivity contribution in [3.63, 3.8) is 0 Å². The molecular formula is C13H19ClN2. The van der Waals surface area contributed by atoms with Crippen molar-refractivity contribution in [1.29, 1.82) is 0 Å². The van der Waals surface area contributed by atoms with Crippen LogP contribution in [0.15, 0.2) is 18.3 Å². The summed E-state index contributed by atoms with van der Waals surface area (Å²) in [5, 5.41) is 0. The molecule has 0 radical (unpaired) electrons. The second-order valence-electron chi connectivity index (χ2n) is 4.55. The predicted molar refractivity (Wildman–Crippen MR) is 69.0 cm³/mol. The minimum atomic E-state index is 0.545. The van der Waals surface area contributed by atoms with Gasteiger partial charge in [0.2, 0.25) is 0 Å². The first kappa shape index (κ1) is 11.7. The van der Waals surface area contributed by atoms with Gasteiger partial charge < -0.3 is 4.90 Å². The molecule has 1 aromatic rings. The summed E-state index contributed by atoms with van der Waals surface area (Å²) in [6, 6.07) is 4.17. The Morgan fingerprint density at radius 3 is 2.75 bits per heavy atom. The van der Waals surface area contributed by atoms with Crippen molar-refractivity contribution in [3.8, 4) is 0 Å². The summed E-state index contributed by atoms with van der Waals surface area (Å²) in [6.45, 7) is 4.48. The molecule has 1 aromatic heterocycles. The molecule has 0 spiro atoms. The van der Waals surface area contributed by atoms with Crippen molar-refractivity contribution >= 4 is 17.4 Å². The van der Waals surface area contributed by atoms with Crippen LogP contribution in [0.1, 0.15) is 31.7 Å². The molecule has 2 rings (SSSR count). The number of nitrogens with zero attached hydrogens (tertiary/aromatic N) is 2. The van der Waals surface area contributed by atoms with Crippen molar-refractivity contribution in [2.75, 3.05) is 18.0 Å². The van der Waals surface area contributed by atoms with Crippen LogP contribution in [0.5, 0.6) is 0 Å². The Bertz CT molecular complexity index is 319. The molecule has 0 aliphatic heterocycles. The molecule has 0 aromatic carbocycles. The van der Waals surface area contributed by atoms with E-state index in [0.29, 0.717) is 5.88 Å². The molecule has 0 N–H and O–H groups in total. The zero-order chi connectivity index (χ0) is 11.4. The molecule has 1 aliphatic carbocycles. The van der Waals surface area contributed by atoms with Crippen LogP contribution in [-0.4, -0.2) is 18.1 Å². The monoisotopic (exact) mass is 238 g/mol. The van der Waals surface area contributed by atoms with E-state index in [9.17, 15) is 0 Å². The van der Waals surface area contributed by atoms with Crippen molar-refractivity contribution in [2.24, 2.45) is 5.92 Å². The maximum absolute atomic E-state index is 5.76. The summed E-state index contributed by atoms with van der Waals surface area (Å²) >= 11 is 5.76. The maximum atomic E-state index is 5.76. The summed E-state index contributed by atoms with van der Waals surface area (Å²) in [4.78, 5) is 6.89. The fourth-order valence-electron chi connectivity index (χ4n) is 1.86. The van der Waals surface area contributed by atoms with Crippen LogP contribution in [0.2, 0.25) is 0 Å². The summed E-state index contributed by atoms with van der Waals surface area (Å²) < 4.78 is 0. The average Bonchev–Trinajstić information content (AvgIpc) is 3.13. The van der Waals surface area contributed by atoms with E-state index in [4.69, 9.17) is 11.6 Å². The van der Waals surface area contributed by atoms with Gasteiger partial charge in [0.15, 0.2) is 0 Å². The molecule has 1 heterocycles. The first-order valence-electron chi connectivity index (χ1n) is 6.09. The van der Waals surface area contributed by atoms with Crippen molar-refractivity contribution in [1.82, 2.24) is 4.98 Å². The Kier molecular flexibility index (Phi) is 4.05. The molecule has 0 atom stereocenters. The summed E-state index contributed by atoms with van der Waals surface area (Å²) in [5.74, 6) is 2.55. The third-order valence-electron chi connectivity index (χ3n) is 2.96. The van der Waals surface area contributed by atoms with Gasteiger partial charge in [0.05, 0.1) is 0 Å². The SMILES string of the molecule is CCCN(CC1CC1)c1ccc(CCl)cn1. The molecule has 88 valence electrons. The van der Waals surface area contributed by atoms with Gasteiger partial charge in [-0.1, -0.05) is 13.0 Å². The molecule has 1 saturated carbocycles. The largest absolute Gasteiger partial charge is 0.356 e. The number of rotatable bonds is 6. The van der Waals surface area contributed by atoms with Gasteiger partial charge in [0.1, 0.15) is 5.82 Å². The molecule has 0 amide bonds. The first-order valence-corrected chi connectivity index (χ1v) is 6.62. The van der Waals surface area contributed by atoms with Crippen LogP contribution < -0.4 is 4.90 Å².